The summed E-state index contributed by atoms with van der Waals surface area (Å²) >= 11 is 6.10. The van der Waals surface area contributed by atoms with E-state index in [2.05, 4.69) is 17.0 Å². The Morgan fingerprint density at radius 3 is 2.94 bits per heavy atom. The van der Waals surface area contributed by atoms with Crippen LogP contribution in [0.2, 0.25) is 5.02 Å². The third-order valence-corrected chi connectivity index (χ3v) is 3.31. The summed E-state index contributed by atoms with van der Waals surface area (Å²) in [5, 5.41) is 5.07. The summed E-state index contributed by atoms with van der Waals surface area (Å²) < 4.78 is 1.81. The lowest BCUT2D eigenvalue weighted by Crippen LogP contribution is -2.14. The predicted molar refractivity (Wildman–Crippen MR) is 72.5 cm³/mol. The van der Waals surface area contributed by atoms with Gasteiger partial charge >= 0.3 is 0 Å². The average Bonchev–Trinajstić information content (AvgIpc) is 2.73. The molecule has 2 heterocycles. The lowest BCUT2D eigenvalue weighted by molar-refractivity contribution is 0.711. The first-order chi connectivity index (χ1) is 8.61. The lowest BCUT2D eigenvalue weighted by atomic mass is 10.00. The third kappa shape index (κ3) is 2.71. The van der Waals surface area contributed by atoms with E-state index in [0.717, 1.165) is 23.2 Å². The van der Waals surface area contributed by atoms with E-state index in [9.17, 15) is 0 Å². The minimum atomic E-state index is -0.0893. The Morgan fingerprint density at radius 2 is 2.28 bits per heavy atom. The minimum absolute atomic E-state index is 0.0893. The van der Waals surface area contributed by atoms with Crippen molar-refractivity contribution in [3.05, 3.63) is 46.5 Å². The number of hydrogen-bond acceptors (Lipinski definition) is 3. The Morgan fingerprint density at radius 1 is 1.50 bits per heavy atom. The summed E-state index contributed by atoms with van der Waals surface area (Å²) in [5.41, 5.74) is 9.41. The predicted octanol–water partition coefficient (Wildman–Crippen LogP) is 2.27. The fourth-order valence-corrected chi connectivity index (χ4v) is 2.25. The van der Waals surface area contributed by atoms with Crippen LogP contribution in [-0.2, 0) is 19.9 Å². The monoisotopic (exact) mass is 264 g/mol. The van der Waals surface area contributed by atoms with Crippen LogP contribution in [-0.4, -0.2) is 14.8 Å². The molecule has 0 fully saturated rings. The van der Waals surface area contributed by atoms with Crippen LogP contribution in [0.15, 0.2) is 24.7 Å². The van der Waals surface area contributed by atoms with Crippen LogP contribution in [0.5, 0.6) is 0 Å². The first kappa shape index (κ1) is 13.1. The van der Waals surface area contributed by atoms with Gasteiger partial charge in [-0.05, 0) is 24.5 Å². The fourth-order valence-electron chi connectivity index (χ4n) is 2.05. The quantitative estimate of drug-likeness (QED) is 0.922. The molecule has 1 unspecified atom stereocenters. The highest BCUT2D eigenvalue weighted by atomic mass is 35.5. The molecule has 0 spiro atoms. The Labute approximate surface area is 112 Å². The maximum Gasteiger partial charge on any atom is 0.0669 e. The van der Waals surface area contributed by atoms with Crippen molar-refractivity contribution in [2.45, 2.75) is 25.8 Å². The number of hydrogen-bond donors (Lipinski definition) is 1. The summed E-state index contributed by atoms with van der Waals surface area (Å²) in [4.78, 5) is 3.97. The maximum absolute atomic E-state index is 6.25. The molecular weight excluding hydrogens is 248 g/mol. The molecule has 0 bridgehead atoms. The SMILES string of the molecule is CCc1nn(C)cc1C(N)Cc1ccncc1Cl. The molecule has 4 nitrogen and oxygen atoms in total. The summed E-state index contributed by atoms with van der Waals surface area (Å²) in [5.74, 6) is 0. The number of pyridine rings is 1. The summed E-state index contributed by atoms with van der Waals surface area (Å²) in [6.45, 7) is 2.08. The van der Waals surface area contributed by atoms with E-state index in [4.69, 9.17) is 17.3 Å². The third-order valence-electron chi connectivity index (χ3n) is 2.97. The van der Waals surface area contributed by atoms with Gasteiger partial charge in [-0.3, -0.25) is 9.67 Å². The van der Waals surface area contributed by atoms with Crippen LogP contribution in [0, 0.1) is 0 Å². The lowest BCUT2D eigenvalue weighted by Gasteiger charge is -2.12. The van der Waals surface area contributed by atoms with E-state index in [0.29, 0.717) is 11.4 Å². The van der Waals surface area contributed by atoms with Gasteiger partial charge in [0, 0.05) is 37.2 Å². The number of rotatable bonds is 4. The van der Waals surface area contributed by atoms with E-state index in [1.54, 1.807) is 12.4 Å². The molecule has 0 aromatic carbocycles. The van der Waals surface area contributed by atoms with Crippen molar-refractivity contribution in [3.63, 3.8) is 0 Å². The Bertz CT molecular complexity index is 536. The number of halogens is 1. The van der Waals surface area contributed by atoms with E-state index in [-0.39, 0.29) is 6.04 Å². The van der Waals surface area contributed by atoms with E-state index < -0.39 is 0 Å². The molecule has 2 rings (SSSR count). The topological polar surface area (TPSA) is 56.7 Å². The zero-order valence-electron chi connectivity index (χ0n) is 10.6. The van der Waals surface area contributed by atoms with Crippen molar-refractivity contribution >= 4 is 11.6 Å². The van der Waals surface area contributed by atoms with Gasteiger partial charge in [-0.2, -0.15) is 5.10 Å². The largest absolute Gasteiger partial charge is 0.324 e. The molecule has 0 radical (unpaired) electrons. The Hall–Kier alpha value is -1.39. The van der Waals surface area contributed by atoms with Gasteiger partial charge in [0.1, 0.15) is 0 Å². The molecule has 0 amide bonds. The van der Waals surface area contributed by atoms with Gasteiger partial charge in [0.05, 0.1) is 10.7 Å². The van der Waals surface area contributed by atoms with Crippen molar-refractivity contribution in [3.8, 4) is 0 Å². The maximum atomic E-state index is 6.25. The summed E-state index contributed by atoms with van der Waals surface area (Å²) in [7, 11) is 1.91. The van der Waals surface area contributed by atoms with Crippen LogP contribution >= 0.6 is 11.6 Å². The molecule has 0 saturated heterocycles. The normalized spacial score (nSPS) is 12.7. The minimum Gasteiger partial charge on any atom is -0.324 e. The molecule has 2 N–H and O–H groups in total. The molecule has 0 saturated carbocycles. The molecular formula is C13H17ClN4. The van der Waals surface area contributed by atoms with Crippen molar-refractivity contribution in [2.24, 2.45) is 12.8 Å². The molecule has 0 aliphatic carbocycles. The molecule has 2 aromatic rings. The number of aromatic nitrogens is 3. The molecule has 2 aromatic heterocycles. The van der Waals surface area contributed by atoms with E-state index >= 15 is 0 Å². The van der Waals surface area contributed by atoms with Gasteiger partial charge in [-0.1, -0.05) is 18.5 Å². The Balaban J connectivity index is 2.21. The van der Waals surface area contributed by atoms with Gasteiger partial charge in [0.15, 0.2) is 0 Å². The Kier molecular flexibility index (Phi) is 3.99. The second kappa shape index (κ2) is 5.50. The van der Waals surface area contributed by atoms with E-state index in [1.807, 2.05) is 24.0 Å². The van der Waals surface area contributed by atoms with Crippen LogP contribution < -0.4 is 5.73 Å². The molecule has 5 heteroatoms. The van der Waals surface area contributed by atoms with E-state index in [1.165, 1.54) is 0 Å². The standard InChI is InChI=1S/C13H17ClN4/c1-3-13-10(8-18(2)17-13)12(15)6-9-4-5-16-7-11(9)14/h4-5,7-8,12H,3,6,15H2,1-2H3. The van der Waals surface area contributed by atoms with Crippen molar-refractivity contribution in [2.75, 3.05) is 0 Å². The number of aryl methyl sites for hydroxylation is 2. The van der Waals surface area contributed by atoms with Gasteiger partial charge < -0.3 is 5.73 Å². The van der Waals surface area contributed by atoms with Gasteiger partial charge in [0.2, 0.25) is 0 Å². The first-order valence-electron chi connectivity index (χ1n) is 5.98. The summed E-state index contributed by atoms with van der Waals surface area (Å²) in [6, 6.07) is 1.82. The van der Waals surface area contributed by atoms with Gasteiger partial charge in [0.25, 0.3) is 0 Å². The van der Waals surface area contributed by atoms with Crippen molar-refractivity contribution in [1.82, 2.24) is 14.8 Å². The molecule has 0 aliphatic heterocycles. The van der Waals surface area contributed by atoms with Crippen LogP contribution in [0.1, 0.15) is 29.8 Å². The second-order valence-corrected chi connectivity index (χ2v) is 4.74. The average molecular weight is 265 g/mol. The molecule has 18 heavy (non-hydrogen) atoms. The molecule has 96 valence electrons. The van der Waals surface area contributed by atoms with Crippen molar-refractivity contribution < 1.29 is 0 Å². The highest BCUT2D eigenvalue weighted by molar-refractivity contribution is 6.31. The van der Waals surface area contributed by atoms with Crippen molar-refractivity contribution in [1.29, 1.82) is 0 Å². The highest BCUT2D eigenvalue weighted by Gasteiger charge is 2.15. The zero-order valence-corrected chi connectivity index (χ0v) is 11.4. The van der Waals surface area contributed by atoms with Crippen LogP contribution in [0.3, 0.4) is 0 Å². The number of nitrogens with two attached hydrogens (primary N) is 1. The molecule has 1 atom stereocenters. The highest BCUT2D eigenvalue weighted by Crippen LogP contribution is 2.23. The smallest absolute Gasteiger partial charge is 0.0669 e. The first-order valence-corrected chi connectivity index (χ1v) is 6.36. The molecule has 0 aliphatic rings. The summed E-state index contributed by atoms with van der Waals surface area (Å²) in [6.07, 6.45) is 6.94. The van der Waals surface area contributed by atoms with Gasteiger partial charge in [-0.15, -0.1) is 0 Å². The fraction of sp³-hybridized carbons (Fsp3) is 0.385. The number of nitrogens with zero attached hydrogens (tertiary/aromatic N) is 3. The second-order valence-electron chi connectivity index (χ2n) is 4.34. The van der Waals surface area contributed by atoms with Gasteiger partial charge in [-0.25, -0.2) is 0 Å². The zero-order chi connectivity index (χ0) is 13.1. The van der Waals surface area contributed by atoms with Crippen LogP contribution in [0.4, 0.5) is 0 Å². The van der Waals surface area contributed by atoms with Crippen LogP contribution in [0.25, 0.3) is 0 Å².